The molecule has 0 aliphatic rings. The van der Waals surface area contributed by atoms with Crippen LogP contribution >= 0.6 is 11.3 Å². The summed E-state index contributed by atoms with van der Waals surface area (Å²) in [6.07, 6.45) is 0. The molecule has 0 radical (unpaired) electrons. The fourth-order valence-electron chi connectivity index (χ4n) is 2.70. The van der Waals surface area contributed by atoms with E-state index in [0.717, 1.165) is 22.4 Å². The molecule has 0 unspecified atom stereocenters. The van der Waals surface area contributed by atoms with Gasteiger partial charge in [0.15, 0.2) is 5.13 Å². The molecule has 0 saturated carbocycles. The summed E-state index contributed by atoms with van der Waals surface area (Å²) < 4.78 is 26.8. The second-order valence-electron chi connectivity index (χ2n) is 6.48. The molecule has 0 aliphatic carbocycles. The number of aryl methyl sites for hydroxylation is 2. The lowest BCUT2D eigenvalue weighted by Crippen LogP contribution is -2.21. The van der Waals surface area contributed by atoms with Gasteiger partial charge in [-0.1, -0.05) is 29.8 Å². The first-order chi connectivity index (χ1) is 13.2. The Hall–Kier alpha value is -2.55. The van der Waals surface area contributed by atoms with Crippen LogP contribution in [0.1, 0.15) is 27.0 Å². The highest BCUT2D eigenvalue weighted by Crippen LogP contribution is 2.26. The van der Waals surface area contributed by atoms with Gasteiger partial charge in [-0.15, -0.1) is 11.3 Å². The molecule has 2 N–H and O–H groups in total. The van der Waals surface area contributed by atoms with Crippen molar-refractivity contribution in [1.82, 2.24) is 9.71 Å². The number of hydrogen-bond donors (Lipinski definition) is 2. The highest BCUT2D eigenvalue weighted by Gasteiger charge is 2.20. The molecule has 28 heavy (non-hydrogen) atoms. The van der Waals surface area contributed by atoms with Gasteiger partial charge in [0, 0.05) is 16.5 Å². The van der Waals surface area contributed by atoms with E-state index in [4.69, 9.17) is 0 Å². The summed E-state index contributed by atoms with van der Waals surface area (Å²) in [5.74, 6) is -0.402. The summed E-state index contributed by atoms with van der Waals surface area (Å²) in [4.78, 5) is 17.2. The van der Waals surface area contributed by atoms with Gasteiger partial charge in [0.2, 0.25) is 10.0 Å². The SMILES string of the molecule is CNS(=O)(=O)c1cc(C(=O)Nc2nc(-c3ccc(C)cc3)cs2)cc(C)c1C. The molecule has 2 aromatic carbocycles. The van der Waals surface area contributed by atoms with Gasteiger partial charge in [-0.25, -0.2) is 18.1 Å². The first-order valence-corrected chi connectivity index (χ1v) is 11.0. The smallest absolute Gasteiger partial charge is 0.257 e. The van der Waals surface area contributed by atoms with Crippen molar-refractivity contribution in [3.05, 3.63) is 64.0 Å². The summed E-state index contributed by atoms with van der Waals surface area (Å²) in [5, 5.41) is 5.08. The van der Waals surface area contributed by atoms with Crippen LogP contribution in [0.25, 0.3) is 11.3 Å². The van der Waals surface area contributed by atoms with E-state index in [9.17, 15) is 13.2 Å². The van der Waals surface area contributed by atoms with Crippen molar-refractivity contribution in [2.45, 2.75) is 25.7 Å². The number of rotatable bonds is 5. The zero-order chi connectivity index (χ0) is 20.5. The average Bonchev–Trinajstić information content (AvgIpc) is 3.12. The molecule has 3 rings (SSSR count). The largest absolute Gasteiger partial charge is 0.298 e. The number of hydrogen-bond acceptors (Lipinski definition) is 5. The molecule has 1 heterocycles. The second-order valence-corrected chi connectivity index (χ2v) is 9.19. The van der Waals surface area contributed by atoms with Gasteiger partial charge in [0.05, 0.1) is 10.6 Å². The fourth-order valence-corrected chi connectivity index (χ4v) is 4.49. The van der Waals surface area contributed by atoms with E-state index in [2.05, 4.69) is 15.0 Å². The average molecular weight is 416 g/mol. The minimum atomic E-state index is -3.66. The molecule has 0 spiro atoms. The Kier molecular flexibility index (Phi) is 5.64. The number of thiazole rings is 1. The molecule has 3 aromatic rings. The summed E-state index contributed by atoms with van der Waals surface area (Å²) >= 11 is 1.32. The van der Waals surface area contributed by atoms with Gasteiger partial charge in [0.25, 0.3) is 5.91 Å². The van der Waals surface area contributed by atoms with Crippen molar-refractivity contribution >= 4 is 32.4 Å². The van der Waals surface area contributed by atoms with Gasteiger partial charge in [-0.2, -0.15) is 0 Å². The Morgan fingerprint density at radius 2 is 1.75 bits per heavy atom. The van der Waals surface area contributed by atoms with Crippen molar-refractivity contribution in [3.63, 3.8) is 0 Å². The van der Waals surface area contributed by atoms with E-state index < -0.39 is 15.9 Å². The predicted molar refractivity (Wildman–Crippen MR) is 112 cm³/mol. The van der Waals surface area contributed by atoms with Crippen LogP contribution in [0.2, 0.25) is 0 Å². The van der Waals surface area contributed by atoms with E-state index >= 15 is 0 Å². The molecule has 6 nitrogen and oxygen atoms in total. The summed E-state index contributed by atoms with van der Waals surface area (Å²) in [6.45, 7) is 5.51. The van der Waals surface area contributed by atoms with Crippen molar-refractivity contribution in [1.29, 1.82) is 0 Å². The quantitative estimate of drug-likeness (QED) is 0.662. The Morgan fingerprint density at radius 3 is 2.39 bits per heavy atom. The third kappa shape index (κ3) is 4.14. The van der Waals surface area contributed by atoms with Gasteiger partial charge in [-0.3, -0.25) is 10.1 Å². The van der Waals surface area contributed by atoms with Crippen LogP contribution in [0.15, 0.2) is 46.7 Å². The number of benzene rings is 2. The number of carbonyl (C=O) groups excluding carboxylic acids is 1. The molecule has 0 bridgehead atoms. The molecule has 0 saturated heterocycles. The number of anilines is 1. The van der Waals surface area contributed by atoms with Crippen molar-refractivity contribution in [3.8, 4) is 11.3 Å². The number of sulfonamides is 1. The molecule has 0 fully saturated rings. The number of nitrogens with zero attached hydrogens (tertiary/aromatic N) is 1. The maximum absolute atomic E-state index is 12.7. The highest BCUT2D eigenvalue weighted by molar-refractivity contribution is 7.89. The van der Waals surface area contributed by atoms with Gasteiger partial charge in [0.1, 0.15) is 0 Å². The van der Waals surface area contributed by atoms with E-state index in [0.29, 0.717) is 10.7 Å². The van der Waals surface area contributed by atoms with Gasteiger partial charge < -0.3 is 0 Å². The Bertz CT molecular complexity index is 1130. The number of nitrogens with one attached hydrogen (secondary N) is 2. The first kappa shape index (κ1) is 20.2. The summed E-state index contributed by atoms with van der Waals surface area (Å²) in [5.41, 5.74) is 4.51. The molecule has 1 amide bonds. The van der Waals surface area contributed by atoms with E-state index in [1.54, 1.807) is 19.9 Å². The van der Waals surface area contributed by atoms with E-state index in [-0.39, 0.29) is 10.5 Å². The maximum atomic E-state index is 12.7. The van der Waals surface area contributed by atoms with Gasteiger partial charge in [-0.05, 0) is 51.1 Å². The van der Waals surface area contributed by atoms with Crippen molar-refractivity contribution in [2.24, 2.45) is 0 Å². The van der Waals surface area contributed by atoms with Crippen molar-refractivity contribution in [2.75, 3.05) is 12.4 Å². The molecule has 1 aromatic heterocycles. The summed E-state index contributed by atoms with van der Waals surface area (Å²) in [6, 6.07) is 11.0. The van der Waals surface area contributed by atoms with Crippen LogP contribution < -0.4 is 10.0 Å². The summed E-state index contributed by atoms with van der Waals surface area (Å²) in [7, 11) is -2.31. The Labute approximate surface area is 168 Å². The minimum Gasteiger partial charge on any atom is -0.298 e. The maximum Gasteiger partial charge on any atom is 0.257 e. The predicted octanol–water partition coefficient (Wildman–Crippen LogP) is 3.90. The van der Waals surface area contributed by atoms with Crippen LogP contribution in [0, 0.1) is 20.8 Å². The van der Waals surface area contributed by atoms with Crippen LogP contribution in [0.3, 0.4) is 0 Å². The second kappa shape index (κ2) is 7.83. The normalized spacial score (nSPS) is 11.4. The molecular weight excluding hydrogens is 394 g/mol. The molecule has 0 atom stereocenters. The zero-order valence-corrected chi connectivity index (χ0v) is 17.7. The lowest BCUT2D eigenvalue weighted by Gasteiger charge is -2.12. The standard InChI is InChI=1S/C20H21N3O3S2/c1-12-5-7-15(8-6-12)17-11-27-20(22-17)23-19(24)16-9-13(2)14(3)18(10-16)28(25,26)21-4/h5-11,21H,1-4H3,(H,22,23,24). The Morgan fingerprint density at radius 1 is 1.07 bits per heavy atom. The molecule has 0 aliphatic heterocycles. The van der Waals surface area contributed by atoms with Crippen LogP contribution in [0.5, 0.6) is 0 Å². The molecule has 146 valence electrons. The number of carbonyl (C=O) groups is 1. The van der Waals surface area contributed by atoms with Crippen molar-refractivity contribution < 1.29 is 13.2 Å². The fraction of sp³-hybridized carbons (Fsp3) is 0.200. The van der Waals surface area contributed by atoms with Crippen LogP contribution in [-0.4, -0.2) is 26.4 Å². The van der Waals surface area contributed by atoms with Crippen LogP contribution in [0.4, 0.5) is 5.13 Å². The van der Waals surface area contributed by atoms with Crippen LogP contribution in [-0.2, 0) is 10.0 Å². The zero-order valence-electron chi connectivity index (χ0n) is 16.0. The number of amides is 1. The topological polar surface area (TPSA) is 88.2 Å². The highest BCUT2D eigenvalue weighted by atomic mass is 32.2. The Balaban J connectivity index is 1.87. The first-order valence-electron chi connectivity index (χ1n) is 8.60. The molecule has 8 heteroatoms. The third-order valence-corrected chi connectivity index (χ3v) is 6.81. The van der Waals surface area contributed by atoms with Gasteiger partial charge >= 0.3 is 0 Å². The molecular formula is C20H21N3O3S2. The lowest BCUT2D eigenvalue weighted by molar-refractivity contribution is 0.102. The monoisotopic (exact) mass is 415 g/mol. The lowest BCUT2D eigenvalue weighted by atomic mass is 10.1. The third-order valence-electron chi connectivity index (χ3n) is 4.51. The number of aromatic nitrogens is 1. The minimum absolute atomic E-state index is 0.0969. The van der Waals surface area contributed by atoms with E-state index in [1.807, 2.05) is 36.6 Å². The van der Waals surface area contributed by atoms with E-state index in [1.165, 1.54) is 24.5 Å².